The number of benzene rings is 1. The summed E-state index contributed by atoms with van der Waals surface area (Å²) >= 11 is 4.95. The van der Waals surface area contributed by atoms with Crippen molar-refractivity contribution in [2.45, 2.75) is 13.5 Å². The van der Waals surface area contributed by atoms with Crippen molar-refractivity contribution < 1.29 is 4.74 Å². The predicted molar refractivity (Wildman–Crippen MR) is 72.4 cm³/mol. The molecule has 0 fully saturated rings. The molecule has 1 aromatic carbocycles. The summed E-state index contributed by atoms with van der Waals surface area (Å²) in [6.07, 6.45) is 1.50. The van der Waals surface area contributed by atoms with E-state index in [1.165, 1.54) is 6.33 Å². The number of nitrogens with zero attached hydrogens (tertiary/aromatic N) is 3. The molecular formula is C12H14N4OS. The van der Waals surface area contributed by atoms with E-state index in [4.69, 9.17) is 22.7 Å². The van der Waals surface area contributed by atoms with Crippen molar-refractivity contribution in [3.05, 3.63) is 41.5 Å². The molecule has 0 saturated heterocycles. The second-order valence-electron chi connectivity index (χ2n) is 3.93. The van der Waals surface area contributed by atoms with Gasteiger partial charge in [-0.2, -0.15) is 5.10 Å². The van der Waals surface area contributed by atoms with E-state index in [-0.39, 0.29) is 0 Å². The molecule has 0 radical (unpaired) electrons. The lowest BCUT2D eigenvalue weighted by Gasteiger charge is -2.10. The maximum absolute atomic E-state index is 5.71. The number of ether oxygens (including phenoxy) is 1. The quantitative estimate of drug-likeness (QED) is 0.842. The van der Waals surface area contributed by atoms with Crippen LogP contribution in [0.2, 0.25) is 0 Å². The molecule has 2 N–H and O–H groups in total. The molecule has 2 rings (SSSR count). The summed E-state index contributed by atoms with van der Waals surface area (Å²) < 4.78 is 7.39. The number of hydrogen-bond acceptors (Lipinski definition) is 4. The summed E-state index contributed by atoms with van der Waals surface area (Å²) in [6.45, 7) is 2.33. The van der Waals surface area contributed by atoms with E-state index >= 15 is 0 Å². The summed E-state index contributed by atoms with van der Waals surface area (Å²) in [5, 5.41) is 3.98. The predicted octanol–water partition coefficient (Wildman–Crippen LogP) is 1.34. The fraction of sp³-hybridized carbons (Fsp3) is 0.250. The Bertz CT molecular complexity index is 579. The Morgan fingerprint density at radius 2 is 2.28 bits per heavy atom. The van der Waals surface area contributed by atoms with Gasteiger partial charge in [0, 0.05) is 12.6 Å². The first kappa shape index (κ1) is 12.5. The molecule has 0 unspecified atom stereocenters. The highest BCUT2D eigenvalue weighted by Crippen LogP contribution is 2.20. The number of nitrogens with two attached hydrogens (primary N) is 1. The molecule has 6 heteroatoms. The Labute approximate surface area is 111 Å². The van der Waals surface area contributed by atoms with Crippen LogP contribution in [-0.4, -0.2) is 19.8 Å². The lowest BCUT2D eigenvalue weighted by Crippen LogP contribution is -2.10. The minimum absolute atomic E-state index is 0.359. The van der Waals surface area contributed by atoms with Crippen LogP contribution in [-0.2, 0) is 13.7 Å². The van der Waals surface area contributed by atoms with Gasteiger partial charge in [-0.25, -0.2) is 4.98 Å². The van der Waals surface area contributed by atoms with Crippen LogP contribution < -0.4 is 10.5 Å². The first-order valence-corrected chi connectivity index (χ1v) is 5.85. The van der Waals surface area contributed by atoms with Crippen molar-refractivity contribution in [1.29, 1.82) is 0 Å². The van der Waals surface area contributed by atoms with Gasteiger partial charge in [-0.3, -0.25) is 4.68 Å². The van der Waals surface area contributed by atoms with E-state index in [2.05, 4.69) is 10.1 Å². The summed E-state index contributed by atoms with van der Waals surface area (Å²) in [5.74, 6) is 1.51. The van der Waals surface area contributed by atoms with Gasteiger partial charge in [-0.15, -0.1) is 0 Å². The monoisotopic (exact) mass is 262 g/mol. The highest BCUT2D eigenvalue weighted by atomic mass is 32.1. The molecule has 18 heavy (non-hydrogen) atoms. The second kappa shape index (κ2) is 5.14. The van der Waals surface area contributed by atoms with E-state index in [0.717, 1.165) is 22.7 Å². The standard InChI is InChI=1S/C12H14N4OS/c1-8-3-4-9(12(13)18)5-10(8)17-6-11-14-7-15-16(11)2/h3-5,7H,6H2,1-2H3,(H2,13,18). The van der Waals surface area contributed by atoms with Crippen molar-refractivity contribution >= 4 is 17.2 Å². The van der Waals surface area contributed by atoms with Gasteiger partial charge in [0.1, 0.15) is 23.7 Å². The second-order valence-corrected chi connectivity index (χ2v) is 4.37. The largest absolute Gasteiger partial charge is 0.485 e. The molecule has 2 aromatic rings. The third-order valence-corrected chi connectivity index (χ3v) is 2.87. The summed E-state index contributed by atoms with van der Waals surface area (Å²) in [4.78, 5) is 4.45. The molecule has 0 saturated carbocycles. The maximum atomic E-state index is 5.71. The minimum Gasteiger partial charge on any atom is -0.485 e. The Morgan fingerprint density at radius 3 is 2.89 bits per heavy atom. The van der Waals surface area contributed by atoms with Gasteiger partial charge in [0.05, 0.1) is 0 Å². The van der Waals surface area contributed by atoms with Gasteiger partial charge in [0.15, 0.2) is 5.82 Å². The van der Waals surface area contributed by atoms with Gasteiger partial charge in [0.2, 0.25) is 0 Å². The van der Waals surface area contributed by atoms with Gasteiger partial charge in [-0.1, -0.05) is 24.4 Å². The molecule has 0 spiro atoms. The molecule has 0 aliphatic carbocycles. The molecule has 0 bridgehead atoms. The Balaban J connectivity index is 2.16. The van der Waals surface area contributed by atoms with Crippen molar-refractivity contribution in [3.63, 3.8) is 0 Å². The molecular weight excluding hydrogens is 248 g/mol. The lowest BCUT2D eigenvalue weighted by molar-refractivity contribution is 0.288. The van der Waals surface area contributed by atoms with E-state index in [9.17, 15) is 0 Å². The van der Waals surface area contributed by atoms with Crippen LogP contribution in [0.15, 0.2) is 24.5 Å². The van der Waals surface area contributed by atoms with Crippen molar-refractivity contribution in [3.8, 4) is 5.75 Å². The van der Waals surface area contributed by atoms with Crippen LogP contribution in [0, 0.1) is 6.92 Å². The smallest absolute Gasteiger partial charge is 0.164 e. The summed E-state index contributed by atoms with van der Waals surface area (Å²) in [5.41, 5.74) is 7.42. The van der Waals surface area contributed by atoms with Crippen molar-refractivity contribution in [2.24, 2.45) is 12.8 Å². The van der Waals surface area contributed by atoms with Crippen LogP contribution in [0.3, 0.4) is 0 Å². The fourth-order valence-corrected chi connectivity index (χ4v) is 1.63. The number of hydrogen-bond donors (Lipinski definition) is 1. The molecule has 1 heterocycles. The van der Waals surface area contributed by atoms with E-state index in [0.29, 0.717) is 11.6 Å². The first-order chi connectivity index (χ1) is 8.58. The van der Waals surface area contributed by atoms with E-state index in [1.54, 1.807) is 4.68 Å². The molecule has 0 atom stereocenters. The van der Waals surface area contributed by atoms with Gasteiger partial charge >= 0.3 is 0 Å². The highest BCUT2D eigenvalue weighted by Gasteiger charge is 2.06. The topological polar surface area (TPSA) is 66.0 Å². The molecule has 94 valence electrons. The fourth-order valence-electron chi connectivity index (χ4n) is 1.50. The van der Waals surface area contributed by atoms with Gasteiger partial charge in [-0.05, 0) is 18.6 Å². The van der Waals surface area contributed by atoms with Crippen molar-refractivity contribution in [2.75, 3.05) is 0 Å². The number of thiocarbonyl (C=S) groups is 1. The third kappa shape index (κ3) is 2.65. The number of aryl methyl sites for hydroxylation is 2. The zero-order valence-electron chi connectivity index (χ0n) is 10.3. The van der Waals surface area contributed by atoms with Crippen LogP contribution in [0.25, 0.3) is 0 Å². The summed E-state index contributed by atoms with van der Waals surface area (Å²) in [6, 6.07) is 5.65. The van der Waals surface area contributed by atoms with Crippen LogP contribution >= 0.6 is 12.2 Å². The summed E-state index contributed by atoms with van der Waals surface area (Å²) in [7, 11) is 1.82. The first-order valence-electron chi connectivity index (χ1n) is 5.44. The maximum Gasteiger partial charge on any atom is 0.164 e. The van der Waals surface area contributed by atoms with E-state index in [1.807, 2.05) is 32.2 Å². The zero-order chi connectivity index (χ0) is 13.1. The molecule has 0 aliphatic rings. The number of aromatic nitrogens is 3. The molecule has 0 aliphatic heterocycles. The normalized spacial score (nSPS) is 10.3. The molecule has 1 aromatic heterocycles. The Kier molecular flexibility index (Phi) is 3.57. The molecule has 0 amide bonds. The van der Waals surface area contributed by atoms with Crippen LogP contribution in [0.4, 0.5) is 0 Å². The Morgan fingerprint density at radius 1 is 1.50 bits per heavy atom. The van der Waals surface area contributed by atoms with Crippen molar-refractivity contribution in [1.82, 2.24) is 14.8 Å². The molecule has 5 nitrogen and oxygen atoms in total. The average Bonchev–Trinajstić information content (AvgIpc) is 2.73. The van der Waals surface area contributed by atoms with Gasteiger partial charge < -0.3 is 10.5 Å². The van der Waals surface area contributed by atoms with E-state index < -0.39 is 0 Å². The van der Waals surface area contributed by atoms with Crippen LogP contribution in [0.1, 0.15) is 17.0 Å². The van der Waals surface area contributed by atoms with Gasteiger partial charge in [0.25, 0.3) is 0 Å². The van der Waals surface area contributed by atoms with Crippen LogP contribution in [0.5, 0.6) is 5.75 Å². The zero-order valence-corrected chi connectivity index (χ0v) is 11.1. The average molecular weight is 262 g/mol. The lowest BCUT2D eigenvalue weighted by atomic mass is 10.1. The minimum atomic E-state index is 0.359. The Hall–Kier alpha value is -1.95. The third-order valence-electron chi connectivity index (χ3n) is 2.63. The highest BCUT2D eigenvalue weighted by molar-refractivity contribution is 7.80. The SMILES string of the molecule is Cc1ccc(C(N)=S)cc1OCc1ncnn1C. The number of rotatable bonds is 4.